The van der Waals surface area contributed by atoms with Gasteiger partial charge in [-0.05, 0) is 19.1 Å². The van der Waals surface area contributed by atoms with E-state index >= 15 is 0 Å². The molecule has 1 aromatic heterocycles. The van der Waals surface area contributed by atoms with Crippen molar-refractivity contribution in [2.75, 3.05) is 13.1 Å². The number of nitrogens with zero attached hydrogens (tertiary/aromatic N) is 3. The Balaban J connectivity index is 1.62. The van der Waals surface area contributed by atoms with Crippen LogP contribution in [0.25, 0.3) is 0 Å². The number of ether oxygens (including phenoxy) is 1. The van der Waals surface area contributed by atoms with Crippen LogP contribution >= 0.6 is 11.6 Å². The zero-order chi connectivity index (χ0) is 17.1. The second-order valence-corrected chi connectivity index (χ2v) is 6.06. The van der Waals surface area contributed by atoms with E-state index in [4.69, 9.17) is 16.3 Å². The van der Waals surface area contributed by atoms with Gasteiger partial charge in [-0.25, -0.2) is 9.37 Å². The molecule has 1 aliphatic rings. The summed E-state index contributed by atoms with van der Waals surface area (Å²) >= 11 is 5.97. The van der Waals surface area contributed by atoms with Crippen molar-refractivity contribution in [3.63, 3.8) is 0 Å². The zero-order valence-electron chi connectivity index (χ0n) is 13.2. The van der Waals surface area contributed by atoms with Crippen molar-refractivity contribution in [2.24, 2.45) is 0 Å². The number of amides is 1. The number of halogens is 2. The summed E-state index contributed by atoms with van der Waals surface area (Å²) in [6.45, 7) is 2.77. The Morgan fingerprint density at radius 3 is 2.75 bits per heavy atom. The molecule has 0 atom stereocenters. The molecule has 2 heterocycles. The van der Waals surface area contributed by atoms with Crippen molar-refractivity contribution in [3.8, 4) is 5.88 Å². The molecule has 1 aliphatic heterocycles. The minimum Gasteiger partial charge on any atom is -0.474 e. The number of carbonyl (C=O) groups is 1. The van der Waals surface area contributed by atoms with E-state index in [9.17, 15) is 9.18 Å². The fourth-order valence-corrected chi connectivity index (χ4v) is 2.95. The Morgan fingerprint density at radius 2 is 2.08 bits per heavy atom. The molecule has 0 radical (unpaired) electrons. The molecule has 0 aliphatic carbocycles. The second-order valence-electron chi connectivity index (χ2n) is 5.65. The monoisotopic (exact) mass is 349 g/mol. The van der Waals surface area contributed by atoms with Crippen LogP contribution in [0.3, 0.4) is 0 Å². The molecular formula is C17H17ClFN3O2. The summed E-state index contributed by atoms with van der Waals surface area (Å²) in [4.78, 5) is 22.3. The summed E-state index contributed by atoms with van der Waals surface area (Å²) in [5.74, 6) is 0.204. The Labute approximate surface area is 144 Å². The van der Waals surface area contributed by atoms with Crippen molar-refractivity contribution in [1.29, 1.82) is 0 Å². The van der Waals surface area contributed by atoms with Crippen LogP contribution < -0.4 is 4.74 Å². The maximum atomic E-state index is 13.9. The predicted molar refractivity (Wildman–Crippen MR) is 87.7 cm³/mol. The van der Waals surface area contributed by atoms with Crippen LogP contribution in [-0.2, 0) is 0 Å². The number of aryl methyl sites for hydroxylation is 1. The van der Waals surface area contributed by atoms with E-state index in [1.807, 2.05) is 0 Å². The minimum atomic E-state index is -0.595. The molecule has 24 heavy (non-hydrogen) atoms. The van der Waals surface area contributed by atoms with Crippen LogP contribution in [0, 0.1) is 12.7 Å². The summed E-state index contributed by atoms with van der Waals surface area (Å²) < 4.78 is 19.7. The van der Waals surface area contributed by atoms with Gasteiger partial charge in [-0.2, -0.15) is 4.98 Å². The number of likely N-dealkylation sites (tertiary alicyclic amines) is 1. The van der Waals surface area contributed by atoms with E-state index in [2.05, 4.69) is 9.97 Å². The Hall–Kier alpha value is -2.21. The minimum absolute atomic E-state index is 0.0283. The largest absolute Gasteiger partial charge is 0.474 e. The molecule has 1 amide bonds. The number of benzene rings is 1. The smallest absolute Gasteiger partial charge is 0.258 e. The van der Waals surface area contributed by atoms with Crippen LogP contribution in [0.5, 0.6) is 5.88 Å². The van der Waals surface area contributed by atoms with Gasteiger partial charge >= 0.3 is 0 Å². The molecule has 0 N–H and O–H groups in total. The molecule has 2 aromatic rings. The van der Waals surface area contributed by atoms with Crippen LogP contribution in [0.4, 0.5) is 4.39 Å². The van der Waals surface area contributed by atoms with E-state index in [-0.39, 0.29) is 22.6 Å². The van der Waals surface area contributed by atoms with Gasteiger partial charge in [-0.3, -0.25) is 4.79 Å². The average Bonchev–Trinajstić information content (AvgIpc) is 2.55. The van der Waals surface area contributed by atoms with E-state index in [1.165, 1.54) is 18.2 Å². The number of hydrogen-bond acceptors (Lipinski definition) is 4. The predicted octanol–water partition coefficient (Wildman–Crippen LogP) is 3.26. The molecule has 1 saturated heterocycles. The van der Waals surface area contributed by atoms with Gasteiger partial charge in [0.15, 0.2) is 0 Å². The molecule has 0 spiro atoms. The van der Waals surface area contributed by atoms with Gasteiger partial charge in [0.25, 0.3) is 5.91 Å². The normalized spacial score (nSPS) is 15.4. The molecule has 0 unspecified atom stereocenters. The zero-order valence-corrected chi connectivity index (χ0v) is 14.0. The molecule has 7 heteroatoms. The lowest BCUT2D eigenvalue weighted by Crippen LogP contribution is -2.42. The number of aromatic nitrogens is 2. The number of piperidine rings is 1. The first-order valence-corrected chi connectivity index (χ1v) is 8.12. The maximum Gasteiger partial charge on any atom is 0.258 e. The highest BCUT2D eigenvalue weighted by molar-refractivity contribution is 6.33. The Morgan fingerprint density at radius 1 is 1.33 bits per heavy atom. The van der Waals surface area contributed by atoms with Crippen molar-refractivity contribution in [3.05, 3.63) is 52.7 Å². The number of carbonyl (C=O) groups excluding carboxylic acids is 1. The fraction of sp³-hybridized carbons (Fsp3) is 0.353. The summed E-state index contributed by atoms with van der Waals surface area (Å²) in [5.41, 5.74) is -0.0649. The quantitative estimate of drug-likeness (QED) is 0.853. The Bertz CT molecular complexity index is 728. The Kier molecular flexibility index (Phi) is 4.94. The molecule has 3 rings (SSSR count). The highest BCUT2D eigenvalue weighted by atomic mass is 35.5. The summed E-state index contributed by atoms with van der Waals surface area (Å²) in [6.07, 6.45) is 2.93. The lowest BCUT2D eigenvalue weighted by Gasteiger charge is -2.32. The van der Waals surface area contributed by atoms with Crippen LogP contribution in [-0.4, -0.2) is 40.0 Å². The summed E-state index contributed by atoms with van der Waals surface area (Å²) in [7, 11) is 0. The van der Waals surface area contributed by atoms with Crippen molar-refractivity contribution < 1.29 is 13.9 Å². The number of rotatable bonds is 3. The van der Waals surface area contributed by atoms with Crippen LogP contribution in [0.2, 0.25) is 5.02 Å². The van der Waals surface area contributed by atoms with Crippen LogP contribution in [0.15, 0.2) is 30.5 Å². The molecule has 5 nitrogen and oxygen atoms in total. The molecular weight excluding hydrogens is 333 g/mol. The highest BCUT2D eigenvalue weighted by Crippen LogP contribution is 2.24. The maximum absolute atomic E-state index is 13.9. The van der Waals surface area contributed by atoms with E-state index in [0.29, 0.717) is 37.6 Å². The van der Waals surface area contributed by atoms with Crippen molar-refractivity contribution >= 4 is 17.5 Å². The highest BCUT2D eigenvalue weighted by Gasteiger charge is 2.27. The van der Waals surface area contributed by atoms with Crippen molar-refractivity contribution in [2.45, 2.75) is 25.9 Å². The average molecular weight is 350 g/mol. The van der Waals surface area contributed by atoms with Gasteiger partial charge in [0.05, 0.1) is 10.6 Å². The van der Waals surface area contributed by atoms with Crippen LogP contribution in [0.1, 0.15) is 29.0 Å². The third-order valence-electron chi connectivity index (χ3n) is 3.94. The van der Waals surface area contributed by atoms with Crippen molar-refractivity contribution in [1.82, 2.24) is 14.9 Å². The molecule has 1 aromatic carbocycles. The molecule has 1 fully saturated rings. The number of hydrogen-bond donors (Lipinski definition) is 0. The lowest BCUT2D eigenvalue weighted by atomic mass is 10.1. The van der Waals surface area contributed by atoms with Gasteiger partial charge in [0, 0.05) is 38.2 Å². The standard InChI is InChI=1S/C17H17ClFN3O2/c1-11-20-8-5-15(21-11)24-12-6-9-22(10-7-12)17(23)16-13(18)3-2-4-14(16)19/h2-5,8,12H,6-7,9-10H2,1H3. The van der Waals surface area contributed by atoms with Gasteiger partial charge in [0.1, 0.15) is 17.7 Å². The first-order chi connectivity index (χ1) is 11.5. The van der Waals surface area contributed by atoms with E-state index < -0.39 is 5.82 Å². The lowest BCUT2D eigenvalue weighted by molar-refractivity contribution is 0.0583. The van der Waals surface area contributed by atoms with Gasteiger partial charge in [-0.15, -0.1) is 0 Å². The van der Waals surface area contributed by atoms with E-state index in [1.54, 1.807) is 24.1 Å². The second kappa shape index (κ2) is 7.13. The molecule has 0 saturated carbocycles. The third kappa shape index (κ3) is 3.64. The van der Waals surface area contributed by atoms with Gasteiger partial charge in [-0.1, -0.05) is 17.7 Å². The summed E-state index contributed by atoms with van der Waals surface area (Å²) in [5, 5.41) is 0.134. The summed E-state index contributed by atoms with van der Waals surface area (Å²) in [6, 6.07) is 5.96. The van der Waals surface area contributed by atoms with Gasteiger partial charge < -0.3 is 9.64 Å². The fourth-order valence-electron chi connectivity index (χ4n) is 2.71. The van der Waals surface area contributed by atoms with Gasteiger partial charge in [0.2, 0.25) is 5.88 Å². The molecule has 126 valence electrons. The SMILES string of the molecule is Cc1nccc(OC2CCN(C(=O)c3c(F)cccc3Cl)CC2)n1. The van der Waals surface area contributed by atoms with E-state index in [0.717, 1.165) is 0 Å². The first-order valence-electron chi connectivity index (χ1n) is 7.74. The third-order valence-corrected chi connectivity index (χ3v) is 4.26. The molecule has 0 bridgehead atoms. The first kappa shape index (κ1) is 16.6. The topological polar surface area (TPSA) is 55.3 Å².